The molecule has 1 aromatic rings. The molecule has 0 spiro atoms. The van der Waals surface area contributed by atoms with E-state index in [1.54, 1.807) is 6.07 Å². The number of likely N-dealkylation sites (tertiary alicyclic amines) is 1. The Balaban J connectivity index is 2.37. The van der Waals surface area contributed by atoms with Crippen LogP contribution in [0.4, 0.5) is 4.39 Å². The van der Waals surface area contributed by atoms with Crippen molar-refractivity contribution in [2.75, 3.05) is 20.1 Å². The summed E-state index contributed by atoms with van der Waals surface area (Å²) in [6.45, 7) is 1.50. The van der Waals surface area contributed by atoms with Crippen LogP contribution < -0.4 is 5.73 Å². The zero-order valence-corrected chi connectivity index (χ0v) is 11.2. The van der Waals surface area contributed by atoms with Crippen LogP contribution in [-0.2, 0) is 0 Å². The Labute approximate surface area is 109 Å². The molecule has 0 aliphatic carbocycles. The Morgan fingerprint density at radius 1 is 1.59 bits per heavy atom. The Morgan fingerprint density at radius 3 is 2.88 bits per heavy atom. The van der Waals surface area contributed by atoms with E-state index in [9.17, 15) is 9.50 Å². The quantitative estimate of drug-likeness (QED) is 0.881. The topological polar surface area (TPSA) is 49.5 Å². The fraction of sp³-hybridized carbons (Fsp3) is 0.500. The van der Waals surface area contributed by atoms with E-state index in [0.717, 1.165) is 17.4 Å². The molecule has 1 aliphatic rings. The van der Waals surface area contributed by atoms with Gasteiger partial charge in [-0.05, 0) is 38.1 Å². The van der Waals surface area contributed by atoms with E-state index in [-0.39, 0.29) is 11.8 Å². The molecule has 0 bridgehead atoms. The third-order valence-electron chi connectivity index (χ3n) is 3.42. The summed E-state index contributed by atoms with van der Waals surface area (Å²) < 4.78 is 14.1. The molecule has 2 rings (SSSR count). The fourth-order valence-electron chi connectivity index (χ4n) is 2.49. The highest BCUT2D eigenvalue weighted by molar-refractivity contribution is 9.10. The normalized spacial score (nSPS) is 25.4. The Kier molecular flexibility index (Phi) is 3.70. The zero-order valence-electron chi connectivity index (χ0n) is 9.66. The summed E-state index contributed by atoms with van der Waals surface area (Å²) in [5.74, 6) is -0.429. The van der Waals surface area contributed by atoms with Crippen LogP contribution in [-0.4, -0.2) is 30.1 Å². The predicted molar refractivity (Wildman–Crippen MR) is 68.3 cm³/mol. The summed E-state index contributed by atoms with van der Waals surface area (Å²) in [7, 11) is 1.97. The maximum Gasteiger partial charge on any atom is 0.165 e. The smallest absolute Gasteiger partial charge is 0.165 e. The first-order valence-corrected chi connectivity index (χ1v) is 6.41. The lowest BCUT2D eigenvalue weighted by atomic mass is 9.99. The molecule has 2 atom stereocenters. The molecule has 0 aromatic heterocycles. The molecule has 5 heteroatoms. The van der Waals surface area contributed by atoms with Gasteiger partial charge in [-0.15, -0.1) is 0 Å². The summed E-state index contributed by atoms with van der Waals surface area (Å²) in [5, 5.41) is 9.85. The van der Waals surface area contributed by atoms with Crippen molar-refractivity contribution in [3.05, 3.63) is 28.0 Å². The van der Waals surface area contributed by atoms with Crippen LogP contribution >= 0.6 is 15.9 Å². The highest BCUT2D eigenvalue weighted by Gasteiger charge is 2.33. The van der Waals surface area contributed by atoms with E-state index in [1.807, 2.05) is 7.05 Å². The van der Waals surface area contributed by atoms with Crippen LogP contribution in [0, 0.1) is 11.7 Å². The molecule has 1 heterocycles. The molecular formula is C12H16BrFN2O. The molecule has 2 unspecified atom stereocenters. The number of nitrogens with zero attached hydrogens (tertiary/aromatic N) is 1. The van der Waals surface area contributed by atoms with Crippen LogP contribution in [0.5, 0.6) is 5.75 Å². The summed E-state index contributed by atoms with van der Waals surface area (Å²) in [6.07, 6.45) is 0.850. The Hall–Kier alpha value is -0.650. The highest BCUT2D eigenvalue weighted by atomic mass is 79.9. The van der Waals surface area contributed by atoms with Gasteiger partial charge in [0, 0.05) is 22.6 Å². The van der Waals surface area contributed by atoms with Crippen LogP contribution in [0.15, 0.2) is 16.6 Å². The van der Waals surface area contributed by atoms with Gasteiger partial charge in [0.05, 0.1) is 0 Å². The first-order valence-electron chi connectivity index (χ1n) is 5.61. The van der Waals surface area contributed by atoms with Crippen molar-refractivity contribution in [1.29, 1.82) is 0 Å². The van der Waals surface area contributed by atoms with E-state index >= 15 is 0 Å². The molecule has 1 aliphatic heterocycles. The summed E-state index contributed by atoms with van der Waals surface area (Å²) in [5.41, 5.74) is 6.30. The van der Waals surface area contributed by atoms with Gasteiger partial charge in [-0.1, -0.05) is 15.9 Å². The summed E-state index contributed by atoms with van der Waals surface area (Å²) in [6, 6.07) is 2.92. The Morgan fingerprint density at radius 2 is 2.29 bits per heavy atom. The highest BCUT2D eigenvalue weighted by Crippen LogP contribution is 2.42. The molecule has 94 valence electrons. The molecule has 1 saturated heterocycles. The van der Waals surface area contributed by atoms with Crippen LogP contribution in [0.1, 0.15) is 18.0 Å². The van der Waals surface area contributed by atoms with Crippen molar-refractivity contribution < 1.29 is 9.50 Å². The second-order valence-electron chi connectivity index (χ2n) is 4.58. The lowest BCUT2D eigenvalue weighted by Gasteiger charge is -2.22. The third kappa shape index (κ3) is 2.32. The van der Waals surface area contributed by atoms with Gasteiger partial charge in [-0.2, -0.15) is 0 Å². The molecule has 1 aromatic carbocycles. The predicted octanol–water partition coefficient (Wildman–Crippen LogP) is 2.25. The Bertz CT molecular complexity index is 427. The number of benzene rings is 1. The molecule has 17 heavy (non-hydrogen) atoms. The first-order chi connectivity index (χ1) is 8.04. The minimum Gasteiger partial charge on any atom is -0.505 e. The number of rotatable bonds is 2. The molecular weight excluding hydrogens is 287 g/mol. The fourth-order valence-corrected chi connectivity index (χ4v) is 3.07. The van der Waals surface area contributed by atoms with E-state index in [4.69, 9.17) is 5.73 Å². The molecule has 3 N–H and O–H groups in total. The van der Waals surface area contributed by atoms with Gasteiger partial charge >= 0.3 is 0 Å². The molecule has 1 fully saturated rings. The van der Waals surface area contributed by atoms with Crippen molar-refractivity contribution in [3.8, 4) is 5.75 Å². The number of hydrogen-bond donors (Lipinski definition) is 2. The minimum atomic E-state index is -0.576. The van der Waals surface area contributed by atoms with Crippen LogP contribution in [0.25, 0.3) is 0 Å². The number of halogens is 2. The largest absolute Gasteiger partial charge is 0.505 e. The van der Waals surface area contributed by atoms with Crippen LogP contribution in [0.2, 0.25) is 0 Å². The van der Waals surface area contributed by atoms with Gasteiger partial charge in [0.15, 0.2) is 11.6 Å². The third-order valence-corrected chi connectivity index (χ3v) is 4.11. The SMILES string of the molecule is CN1CC(CN)CC1c1c(Br)ccc(F)c1O. The molecule has 0 saturated carbocycles. The zero-order chi connectivity index (χ0) is 12.6. The number of hydrogen-bond acceptors (Lipinski definition) is 3. The van der Waals surface area contributed by atoms with Gasteiger partial charge < -0.3 is 10.8 Å². The maximum absolute atomic E-state index is 13.4. The van der Waals surface area contributed by atoms with Gasteiger partial charge in [-0.3, -0.25) is 4.90 Å². The molecule has 0 radical (unpaired) electrons. The van der Waals surface area contributed by atoms with Crippen molar-refractivity contribution in [2.24, 2.45) is 11.7 Å². The molecule has 0 amide bonds. The number of phenols is 1. The minimum absolute atomic E-state index is 0.0219. The number of nitrogens with two attached hydrogens (primary N) is 1. The van der Waals surface area contributed by atoms with Crippen LogP contribution in [0.3, 0.4) is 0 Å². The number of phenolic OH excluding ortho intramolecular Hbond substituents is 1. The summed E-state index contributed by atoms with van der Waals surface area (Å²) >= 11 is 3.38. The van der Waals surface area contributed by atoms with Crippen molar-refractivity contribution >= 4 is 15.9 Å². The first kappa shape index (κ1) is 12.8. The van der Waals surface area contributed by atoms with Gasteiger partial charge in [0.1, 0.15) is 0 Å². The second-order valence-corrected chi connectivity index (χ2v) is 5.44. The van der Waals surface area contributed by atoms with Gasteiger partial charge in [0.25, 0.3) is 0 Å². The van der Waals surface area contributed by atoms with E-state index in [1.165, 1.54) is 6.07 Å². The summed E-state index contributed by atoms with van der Waals surface area (Å²) in [4.78, 5) is 2.11. The maximum atomic E-state index is 13.4. The van der Waals surface area contributed by atoms with Crippen molar-refractivity contribution in [1.82, 2.24) is 4.90 Å². The van der Waals surface area contributed by atoms with Crippen molar-refractivity contribution in [3.63, 3.8) is 0 Å². The lowest BCUT2D eigenvalue weighted by molar-refractivity contribution is 0.301. The van der Waals surface area contributed by atoms with Gasteiger partial charge in [-0.25, -0.2) is 4.39 Å². The van der Waals surface area contributed by atoms with E-state index < -0.39 is 5.82 Å². The van der Waals surface area contributed by atoms with Crippen molar-refractivity contribution in [2.45, 2.75) is 12.5 Å². The molecule has 3 nitrogen and oxygen atoms in total. The van der Waals surface area contributed by atoms with Gasteiger partial charge in [0.2, 0.25) is 0 Å². The average molecular weight is 303 g/mol. The standard InChI is InChI=1S/C12H16BrFN2O/c1-16-6-7(5-15)4-10(16)11-8(13)2-3-9(14)12(11)17/h2-3,7,10,17H,4-6,15H2,1H3. The van der Waals surface area contributed by atoms with E-state index in [2.05, 4.69) is 20.8 Å². The average Bonchev–Trinajstić information content (AvgIpc) is 2.66. The number of aromatic hydroxyl groups is 1. The lowest BCUT2D eigenvalue weighted by Crippen LogP contribution is -2.21. The second kappa shape index (κ2) is 4.92. The monoisotopic (exact) mass is 302 g/mol. The van der Waals surface area contributed by atoms with E-state index in [0.29, 0.717) is 18.0 Å².